The minimum Gasteiger partial charge on any atom is -0.370 e. The first-order chi connectivity index (χ1) is 9.74. The molecule has 2 N–H and O–H groups in total. The Morgan fingerprint density at radius 3 is 3.15 bits per heavy atom. The first kappa shape index (κ1) is 12.9. The van der Waals surface area contributed by atoms with Crippen LogP contribution in [0.2, 0.25) is 5.15 Å². The van der Waals surface area contributed by atoms with Crippen molar-refractivity contribution in [2.75, 3.05) is 11.9 Å². The molecule has 20 heavy (non-hydrogen) atoms. The van der Waals surface area contributed by atoms with Gasteiger partial charge in [0.2, 0.25) is 0 Å². The van der Waals surface area contributed by atoms with Crippen molar-refractivity contribution in [3.05, 3.63) is 35.0 Å². The molecule has 0 unspecified atom stereocenters. The number of nitrogens with zero attached hydrogens (tertiary/aromatic N) is 5. The van der Waals surface area contributed by atoms with E-state index in [9.17, 15) is 0 Å². The molecule has 0 saturated heterocycles. The van der Waals surface area contributed by atoms with E-state index in [1.54, 1.807) is 10.6 Å². The fraction of sp³-hybridized carbons (Fsp3) is 0.333. The highest BCUT2D eigenvalue weighted by molar-refractivity contribution is 6.29. The predicted octanol–water partition coefficient (Wildman–Crippen LogP) is 1.85. The summed E-state index contributed by atoms with van der Waals surface area (Å²) in [6.07, 6.45) is 5.28. The number of fused-ring (bicyclic) bond motifs is 1. The molecule has 104 valence electrons. The number of aryl methyl sites for hydroxylation is 2. The van der Waals surface area contributed by atoms with Gasteiger partial charge in [-0.15, -0.1) is 0 Å². The number of aromatic amines is 1. The van der Waals surface area contributed by atoms with Crippen LogP contribution in [0.15, 0.2) is 18.6 Å². The molecule has 8 heteroatoms. The molecule has 0 amide bonds. The summed E-state index contributed by atoms with van der Waals surface area (Å²) in [6, 6.07) is 1.74. The Hall–Kier alpha value is -2.15. The van der Waals surface area contributed by atoms with Gasteiger partial charge in [-0.05, 0) is 25.3 Å². The van der Waals surface area contributed by atoms with Crippen LogP contribution in [-0.2, 0) is 6.42 Å². The fourth-order valence-corrected chi connectivity index (χ4v) is 2.21. The van der Waals surface area contributed by atoms with Crippen LogP contribution in [0.25, 0.3) is 5.78 Å². The van der Waals surface area contributed by atoms with E-state index in [1.807, 2.05) is 13.1 Å². The van der Waals surface area contributed by atoms with Gasteiger partial charge in [0.15, 0.2) is 0 Å². The Balaban J connectivity index is 1.62. The monoisotopic (exact) mass is 291 g/mol. The van der Waals surface area contributed by atoms with Gasteiger partial charge in [0, 0.05) is 18.3 Å². The number of nitrogens with one attached hydrogen (secondary N) is 2. The number of hydrogen-bond donors (Lipinski definition) is 2. The molecule has 3 aromatic heterocycles. The molecule has 3 aromatic rings. The van der Waals surface area contributed by atoms with Gasteiger partial charge in [-0.2, -0.15) is 24.7 Å². The molecule has 0 spiro atoms. The van der Waals surface area contributed by atoms with E-state index in [-0.39, 0.29) is 0 Å². The van der Waals surface area contributed by atoms with Crippen LogP contribution in [-0.4, -0.2) is 36.3 Å². The fourth-order valence-electron chi connectivity index (χ4n) is 2.03. The number of H-pyrrole nitrogens is 1. The zero-order valence-corrected chi connectivity index (χ0v) is 11.7. The standard InChI is InChI=1S/C12H14ClN7/c1-8-9(6-16-19-8)3-2-4-14-11-5-10(13)18-12-15-7-17-20(11)12/h5-7,14H,2-4H2,1H3,(H,16,19). The largest absolute Gasteiger partial charge is 0.370 e. The molecule has 0 saturated carbocycles. The second-order valence-electron chi connectivity index (χ2n) is 4.49. The van der Waals surface area contributed by atoms with Gasteiger partial charge >= 0.3 is 0 Å². The first-order valence-corrected chi connectivity index (χ1v) is 6.71. The number of anilines is 1. The summed E-state index contributed by atoms with van der Waals surface area (Å²) in [5, 5.41) is 14.8. The summed E-state index contributed by atoms with van der Waals surface area (Å²) >= 11 is 5.95. The van der Waals surface area contributed by atoms with Crippen LogP contribution in [0.1, 0.15) is 17.7 Å². The number of halogens is 1. The molecule has 7 nitrogen and oxygen atoms in total. The molecule has 0 aromatic carbocycles. The highest BCUT2D eigenvalue weighted by atomic mass is 35.5. The van der Waals surface area contributed by atoms with Crippen LogP contribution >= 0.6 is 11.6 Å². The van der Waals surface area contributed by atoms with Gasteiger partial charge in [-0.3, -0.25) is 5.10 Å². The van der Waals surface area contributed by atoms with Crippen molar-refractivity contribution in [3.8, 4) is 0 Å². The van der Waals surface area contributed by atoms with E-state index < -0.39 is 0 Å². The van der Waals surface area contributed by atoms with E-state index in [4.69, 9.17) is 11.6 Å². The number of rotatable bonds is 5. The molecule has 0 bridgehead atoms. The molecule has 0 aliphatic carbocycles. The van der Waals surface area contributed by atoms with Gasteiger partial charge in [0.25, 0.3) is 5.78 Å². The summed E-state index contributed by atoms with van der Waals surface area (Å²) in [4.78, 5) is 8.10. The van der Waals surface area contributed by atoms with E-state index in [2.05, 4.69) is 30.6 Å². The van der Waals surface area contributed by atoms with E-state index in [0.29, 0.717) is 10.9 Å². The minimum atomic E-state index is 0.402. The Morgan fingerprint density at radius 1 is 1.45 bits per heavy atom. The first-order valence-electron chi connectivity index (χ1n) is 6.33. The lowest BCUT2D eigenvalue weighted by Gasteiger charge is -2.07. The molecule has 0 radical (unpaired) electrons. The highest BCUT2D eigenvalue weighted by Gasteiger charge is 2.06. The van der Waals surface area contributed by atoms with Gasteiger partial charge < -0.3 is 5.32 Å². The van der Waals surface area contributed by atoms with Crippen LogP contribution in [0.4, 0.5) is 5.82 Å². The average molecular weight is 292 g/mol. The van der Waals surface area contributed by atoms with Crippen LogP contribution in [0.3, 0.4) is 0 Å². The maximum atomic E-state index is 5.95. The van der Waals surface area contributed by atoms with E-state index in [0.717, 1.165) is 30.9 Å². The molecular formula is C12H14ClN7. The SMILES string of the molecule is Cc1[nH]ncc1CCCNc1cc(Cl)nc2ncnn12. The number of aromatic nitrogens is 6. The lowest BCUT2D eigenvalue weighted by molar-refractivity contribution is 0.839. The van der Waals surface area contributed by atoms with E-state index >= 15 is 0 Å². The zero-order chi connectivity index (χ0) is 13.9. The van der Waals surface area contributed by atoms with Gasteiger partial charge in [-0.1, -0.05) is 11.6 Å². The van der Waals surface area contributed by atoms with Gasteiger partial charge in [0.1, 0.15) is 17.3 Å². The maximum Gasteiger partial charge on any atom is 0.255 e. The third-order valence-corrected chi connectivity index (χ3v) is 3.28. The van der Waals surface area contributed by atoms with Crippen molar-refractivity contribution < 1.29 is 0 Å². The van der Waals surface area contributed by atoms with Crippen LogP contribution in [0.5, 0.6) is 0 Å². The normalized spacial score (nSPS) is 11.1. The summed E-state index contributed by atoms with van der Waals surface area (Å²) in [5.74, 6) is 1.28. The molecule has 3 heterocycles. The molecule has 0 aliphatic heterocycles. The summed E-state index contributed by atoms with van der Waals surface area (Å²) in [6.45, 7) is 2.83. The van der Waals surface area contributed by atoms with Crippen LogP contribution in [0, 0.1) is 6.92 Å². The minimum absolute atomic E-state index is 0.402. The molecule has 0 atom stereocenters. The van der Waals surface area contributed by atoms with Crippen molar-refractivity contribution in [2.24, 2.45) is 0 Å². The average Bonchev–Trinajstić information content (AvgIpc) is 3.03. The summed E-state index contributed by atoms with van der Waals surface area (Å²) in [7, 11) is 0. The Labute approximate surface area is 120 Å². The molecule has 0 fully saturated rings. The predicted molar refractivity (Wildman–Crippen MR) is 75.9 cm³/mol. The third-order valence-electron chi connectivity index (χ3n) is 3.08. The van der Waals surface area contributed by atoms with Crippen molar-refractivity contribution in [2.45, 2.75) is 19.8 Å². The Morgan fingerprint density at radius 2 is 2.35 bits per heavy atom. The highest BCUT2D eigenvalue weighted by Crippen LogP contribution is 2.14. The second kappa shape index (κ2) is 5.46. The zero-order valence-electron chi connectivity index (χ0n) is 11.0. The van der Waals surface area contributed by atoms with Crippen molar-refractivity contribution in [1.29, 1.82) is 0 Å². The third kappa shape index (κ3) is 2.57. The number of hydrogen-bond acceptors (Lipinski definition) is 5. The smallest absolute Gasteiger partial charge is 0.255 e. The lowest BCUT2D eigenvalue weighted by atomic mass is 10.1. The van der Waals surface area contributed by atoms with Crippen molar-refractivity contribution >= 4 is 23.2 Å². The quantitative estimate of drug-likeness (QED) is 0.554. The van der Waals surface area contributed by atoms with Gasteiger partial charge in [-0.25, -0.2) is 0 Å². The summed E-state index contributed by atoms with van der Waals surface area (Å²) < 4.78 is 1.63. The molecule has 0 aliphatic rings. The lowest BCUT2D eigenvalue weighted by Crippen LogP contribution is -2.08. The molecule has 3 rings (SSSR count). The Kier molecular flexibility index (Phi) is 3.51. The van der Waals surface area contributed by atoms with Gasteiger partial charge in [0.05, 0.1) is 6.20 Å². The van der Waals surface area contributed by atoms with Crippen molar-refractivity contribution in [3.63, 3.8) is 0 Å². The van der Waals surface area contributed by atoms with E-state index in [1.165, 1.54) is 11.9 Å². The van der Waals surface area contributed by atoms with Crippen molar-refractivity contribution in [1.82, 2.24) is 29.8 Å². The topological polar surface area (TPSA) is 83.8 Å². The van der Waals surface area contributed by atoms with Crippen LogP contribution < -0.4 is 5.32 Å². The maximum absolute atomic E-state index is 5.95. The molecular weight excluding hydrogens is 278 g/mol. The summed E-state index contributed by atoms with van der Waals surface area (Å²) in [5.41, 5.74) is 2.36. The second-order valence-corrected chi connectivity index (χ2v) is 4.87. The Bertz CT molecular complexity index is 717.